The van der Waals surface area contributed by atoms with E-state index in [-0.39, 0.29) is 6.10 Å². The number of ether oxygens (including phenoxy) is 1. The highest BCUT2D eigenvalue weighted by molar-refractivity contribution is 5.47. The van der Waals surface area contributed by atoms with Crippen LogP contribution in [0.15, 0.2) is 12.4 Å². The van der Waals surface area contributed by atoms with Crippen molar-refractivity contribution in [1.82, 2.24) is 9.97 Å². The lowest BCUT2D eigenvalue weighted by Crippen LogP contribution is -2.27. The van der Waals surface area contributed by atoms with Crippen LogP contribution in [0.5, 0.6) is 0 Å². The van der Waals surface area contributed by atoms with Crippen molar-refractivity contribution in [3.05, 3.63) is 12.4 Å². The van der Waals surface area contributed by atoms with Gasteiger partial charge in [-0.05, 0) is 19.8 Å². The molecule has 0 radical (unpaired) electrons. The van der Waals surface area contributed by atoms with Gasteiger partial charge in [-0.3, -0.25) is 0 Å². The van der Waals surface area contributed by atoms with E-state index in [9.17, 15) is 0 Å². The Bertz CT molecular complexity index is 358. The van der Waals surface area contributed by atoms with E-state index < -0.39 is 0 Å². The topological polar surface area (TPSA) is 59.1 Å². The molecule has 0 saturated carbocycles. The minimum Gasteiger partial charge on any atom is -0.376 e. The number of rotatable bonds is 5. The summed E-state index contributed by atoms with van der Waals surface area (Å²) in [5.41, 5.74) is 0. The predicted molar refractivity (Wildman–Crippen MR) is 68.3 cm³/mol. The quantitative estimate of drug-likeness (QED) is 0.817. The van der Waals surface area contributed by atoms with Gasteiger partial charge in [0.05, 0.1) is 12.1 Å². The summed E-state index contributed by atoms with van der Waals surface area (Å²) in [4.78, 5) is 8.40. The van der Waals surface area contributed by atoms with Crippen molar-refractivity contribution in [2.45, 2.75) is 38.8 Å². The Labute approximate surface area is 102 Å². The molecular formula is C12H20N4O. The fraction of sp³-hybridized carbons (Fsp3) is 0.667. The number of hydrogen-bond acceptors (Lipinski definition) is 5. The van der Waals surface area contributed by atoms with Crippen LogP contribution in [0.25, 0.3) is 0 Å². The van der Waals surface area contributed by atoms with Gasteiger partial charge in [-0.15, -0.1) is 0 Å². The van der Waals surface area contributed by atoms with Crippen LogP contribution in [0.3, 0.4) is 0 Å². The van der Waals surface area contributed by atoms with E-state index in [1.54, 1.807) is 6.33 Å². The lowest BCUT2D eigenvalue weighted by Gasteiger charge is -2.16. The van der Waals surface area contributed by atoms with Crippen molar-refractivity contribution in [1.29, 1.82) is 0 Å². The third-order valence-corrected chi connectivity index (χ3v) is 2.93. The minimum atomic E-state index is 0.247. The maximum Gasteiger partial charge on any atom is 0.131 e. The molecule has 17 heavy (non-hydrogen) atoms. The molecule has 0 spiro atoms. The van der Waals surface area contributed by atoms with Crippen LogP contribution in [0.1, 0.15) is 26.7 Å². The largest absolute Gasteiger partial charge is 0.376 e. The summed E-state index contributed by atoms with van der Waals surface area (Å²) in [5.74, 6) is 1.73. The second-order valence-electron chi connectivity index (χ2n) is 4.33. The molecule has 2 N–H and O–H groups in total. The van der Waals surface area contributed by atoms with Crippen molar-refractivity contribution in [3.63, 3.8) is 0 Å². The van der Waals surface area contributed by atoms with E-state index in [4.69, 9.17) is 4.74 Å². The van der Waals surface area contributed by atoms with Gasteiger partial charge >= 0.3 is 0 Å². The number of nitrogens with one attached hydrogen (secondary N) is 2. The number of hydrogen-bond donors (Lipinski definition) is 2. The molecule has 0 aromatic carbocycles. The second-order valence-corrected chi connectivity index (χ2v) is 4.33. The Morgan fingerprint density at radius 3 is 2.94 bits per heavy atom. The summed E-state index contributed by atoms with van der Waals surface area (Å²) in [7, 11) is 0. The fourth-order valence-electron chi connectivity index (χ4n) is 1.90. The van der Waals surface area contributed by atoms with Crippen molar-refractivity contribution in [2.75, 3.05) is 23.8 Å². The molecule has 5 nitrogen and oxygen atoms in total. The Morgan fingerprint density at radius 2 is 2.24 bits per heavy atom. The Morgan fingerprint density at radius 1 is 1.41 bits per heavy atom. The highest BCUT2D eigenvalue weighted by Crippen LogP contribution is 2.18. The Kier molecular flexibility index (Phi) is 4.14. The molecule has 94 valence electrons. The normalized spacial score (nSPS) is 23.6. The molecule has 1 aromatic heterocycles. The average Bonchev–Trinajstić information content (AvgIpc) is 2.73. The molecule has 1 aromatic rings. The molecule has 5 heteroatoms. The molecule has 2 heterocycles. The lowest BCUT2D eigenvalue weighted by molar-refractivity contribution is 0.121. The third kappa shape index (κ3) is 3.30. The van der Waals surface area contributed by atoms with E-state index >= 15 is 0 Å². The van der Waals surface area contributed by atoms with Gasteiger partial charge in [0.2, 0.25) is 0 Å². The third-order valence-electron chi connectivity index (χ3n) is 2.93. The molecule has 2 atom stereocenters. The number of anilines is 2. The summed E-state index contributed by atoms with van der Waals surface area (Å²) in [6.45, 7) is 5.97. The maximum atomic E-state index is 5.51. The SMILES string of the molecule is CCCNc1cc(NC2CCOC2C)ncn1. The molecule has 2 unspecified atom stereocenters. The summed E-state index contributed by atoms with van der Waals surface area (Å²) >= 11 is 0. The Hall–Kier alpha value is -1.36. The van der Waals surface area contributed by atoms with Crippen LogP contribution in [-0.2, 0) is 4.74 Å². The van der Waals surface area contributed by atoms with Gasteiger partial charge in [-0.1, -0.05) is 6.92 Å². The monoisotopic (exact) mass is 236 g/mol. The predicted octanol–water partition coefficient (Wildman–Crippen LogP) is 1.89. The number of nitrogens with zero attached hydrogens (tertiary/aromatic N) is 2. The van der Waals surface area contributed by atoms with Crippen molar-refractivity contribution >= 4 is 11.6 Å². The van der Waals surface area contributed by atoms with Gasteiger partial charge < -0.3 is 15.4 Å². The van der Waals surface area contributed by atoms with Crippen LogP contribution in [0.2, 0.25) is 0 Å². The molecule has 1 aliphatic rings. The van der Waals surface area contributed by atoms with Gasteiger partial charge in [0.25, 0.3) is 0 Å². The zero-order valence-electron chi connectivity index (χ0n) is 10.4. The summed E-state index contributed by atoms with van der Waals surface area (Å²) < 4.78 is 5.51. The van der Waals surface area contributed by atoms with Crippen LogP contribution < -0.4 is 10.6 Å². The van der Waals surface area contributed by atoms with E-state index in [0.717, 1.165) is 37.6 Å². The molecule has 1 aliphatic heterocycles. The lowest BCUT2D eigenvalue weighted by atomic mass is 10.1. The molecule has 1 fully saturated rings. The Balaban J connectivity index is 1.95. The van der Waals surface area contributed by atoms with Gasteiger partial charge in [-0.2, -0.15) is 0 Å². The van der Waals surface area contributed by atoms with Gasteiger partial charge in [0.15, 0.2) is 0 Å². The average molecular weight is 236 g/mol. The van der Waals surface area contributed by atoms with E-state index in [1.807, 2.05) is 6.07 Å². The molecular weight excluding hydrogens is 216 g/mol. The highest BCUT2D eigenvalue weighted by atomic mass is 16.5. The van der Waals surface area contributed by atoms with Crippen LogP contribution in [-0.4, -0.2) is 35.3 Å². The smallest absolute Gasteiger partial charge is 0.131 e. The first kappa shape index (κ1) is 12.1. The van der Waals surface area contributed by atoms with Gasteiger partial charge in [-0.25, -0.2) is 9.97 Å². The van der Waals surface area contributed by atoms with Crippen molar-refractivity contribution in [3.8, 4) is 0 Å². The fourth-order valence-corrected chi connectivity index (χ4v) is 1.90. The van der Waals surface area contributed by atoms with E-state index in [0.29, 0.717) is 6.04 Å². The molecule has 0 bridgehead atoms. The molecule has 2 rings (SSSR count). The zero-order valence-corrected chi connectivity index (χ0v) is 10.4. The van der Waals surface area contributed by atoms with Gasteiger partial charge in [0, 0.05) is 19.2 Å². The summed E-state index contributed by atoms with van der Waals surface area (Å²) in [5, 5.41) is 6.64. The zero-order chi connectivity index (χ0) is 12.1. The minimum absolute atomic E-state index is 0.247. The highest BCUT2D eigenvalue weighted by Gasteiger charge is 2.24. The summed E-state index contributed by atoms with van der Waals surface area (Å²) in [6, 6.07) is 2.30. The van der Waals surface area contributed by atoms with Crippen LogP contribution in [0.4, 0.5) is 11.6 Å². The standard InChI is InChI=1S/C12H20N4O/c1-3-5-13-11-7-12(15-8-14-11)16-10-4-6-17-9(10)2/h7-10H,3-6H2,1-2H3,(H2,13,14,15,16). The van der Waals surface area contributed by atoms with Crippen LogP contribution in [0, 0.1) is 0 Å². The van der Waals surface area contributed by atoms with Crippen molar-refractivity contribution in [2.24, 2.45) is 0 Å². The first-order valence-electron chi connectivity index (χ1n) is 6.23. The summed E-state index contributed by atoms with van der Waals surface area (Å²) in [6.07, 6.45) is 3.95. The molecule has 0 amide bonds. The first-order chi connectivity index (χ1) is 8.29. The molecule has 0 aliphatic carbocycles. The molecule has 1 saturated heterocycles. The van der Waals surface area contributed by atoms with E-state index in [2.05, 4.69) is 34.4 Å². The van der Waals surface area contributed by atoms with Crippen LogP contribution >= 0.6 is 0 Å². The van der Waals surface area contributed by atoms with E-state index in [1.165, 1.54) is 0 Å². The van der Waals surface area contributed by atoms with Gasteiger partial charge in [0.1, 0.15) is 18.0 Å². The first-order valence-corrected chi connectivity index (χ1v) is 6.23. The second kappa shape index (κ2) is 5.82. The van der Waals surface area contributed by atoms with Crippen molar-refractivity contribution < 1.29 is 4.74 Å². The number of aromatic nitrogens is 2. The maximum absolute atomic E-state index is 5.51.